The molecule has 15 heteroatoms. The van der Waals surface area contributed by atoms with Gasteiger partial charge in [0.1, 0.15) is 4.90 Å². The summed E-state index contributed by atoms with van der Waals surface area (Å²) in [6, 6.07) is 2.95. The van der Waals surface area contributed by atoms with Crippen molar-refractivity contribution in [3.63, 3.8) is 0 Å². The van der Waals surface area contributed by atoms with E-state index in [4.69, 9.17) is 5.14 Å². The summed E-state index contributed by atoms with van der Waals surface area (Å²) in [5, 5.41) is 5.14. The van der Waals surface area contributed by atoms with Crippen LogP contribution in [0.25, 0.3) is 11.3 Å². The summed E-state index contributed by atoms with van der Waals surface area (Å²) in [5.41, 5.74) is -3.54. The van der Waals surface area contributed by atoms with Crippen LogP contribution in [0.2, 0.25) is 0 Å². The second-order valence-corrected chi connectivity index (χ2v) is 12.3. The van der Waals surface area contributed by atoms with Crippen LogP contribution in [-0.2, 0) is 32.8 Å². The third-order valence-electron chi connectivity index (χ3n) is 4.95. The fourth-order valence-corrected chi connectivity index (χ4v) is 5.79. The highest BCUT2D eigenvalue weighted by Crippen LogP contribution is 2.39. The molecule has 0 aliphatic heterocycles. The lowest BCUT2D eigenvalue weighted by Crippen LogP contribution is -2.41. The highest BCUT2D eigenvalue weighted by Gasteiger charge is 2.40. The first-order valence-corrected chi connectivity index (χ1v) is 13.0. The Bertz CT molecular complexity index is 1320. The topological polar surface area (TPSA) is 111 Å². The van der Waals surface area contributed by atoms with Crippen LogP contribution in [0.4, 0.5) is 26.3 Å². The first-order chi connectivity index (χ1) is 15.4. The van der Waals surface area contributed by atoms with Gasteiger partial charge in [0.05, 0.1) is 16.4 Å². The van der Waals surface area contributed by atoms with Crippen LogP contribution in [0.15, 0.2) is 34.1 Å². The lowest BCUT2D eigenvalue weighted by atomic mass is 10.1. The van der Waals surface area contributed by atoms with Crippen molar-refractivity contribution in [3.05, 3.63) is 35.5 Å². The molecular formula is C20H25F6N3O4S2. The molecule has 1 atom stereocenters. The van der Waals surface area contributed by atoms with Crippen molar-refractivity contribution in [1.82, 2.24) is 9.29 Å². The SMILES string of the molecule is Cc1c(S(N)(=O)=O)cc(-c2ccc(S(=O)(=O)NC(C)(C)C)c(C(F)(F)F)c2)n1CC(C)C(F)(F)F. The summed E-state index contributed by atoms with van der Waals surface area (Å²) in [7, 11) is -9.08. The number of primary sulfonamides is 1. The number of nitrogens with zero attached hydrogens (tertiary/aromatic N) is 1. The van der Waals surface area contributed by atoms with E-state index in [0.717, 1.165) is 23.6 Å². The minimum Gasteiger partial charge on any atom is -0.343 e. The van der Waals surface area contributed by atoms with Crippen LogP contribution in [-0.4, -0.2) is 33.1 Å². The Morgan fingerprint density at radius 2 is 1.51 bits per heavy atom. The maximum absolute atomic E-state index is 13.9. The molecule has 1 unspecified atom stereocenters. The average molecular weight is 550 g/mol. The molecule has 0 spiro atoms. The zero-order chi connectivity index (χ0) is 27.4. The quantitative estimate of drug-likeness (QED) is 0.520. The Morgan fingerprint density at radius 1 is 0.971 bits per heavy atom. The second kappa shape index (κ2) is 9.09. The summed E-state index contributed by atoms with van der Waals surface area (Å²) in [4.78, 5) is -1.66. The van der Waals surface area contributed by atoms with Crippen LogP contribution in [0.5, 0.6) is 0 Å². The summed E-state index contributed by atoms with van der Waals surface area (Å²) >= 11 is 0. The van der Waals surface area contributed by atoms with E-state index < -0.39 is 65.8 Å². The lowest BCUT2D eigenvalue weighted by molar-refractivity contribution is -0.172. The average Bonchev–Trinajstić information content (AvgIpc) is 2.94. The Balaban J connectivity index is 2.83. The van der Waals surface area contributed by atoms with Gasteiger partial charge in [0.25, 0.3) is 0 Å². The van der Waals surface area contributed by atoms with Crippen LogP contribution in [0, 0.1) is 12.8 Å². The van der Waals surface area contributed by atoms with Gasteiger partial charge in [-0.2, -0.15) is 26.3 Å². The van der Waals surface area contributed by atoms with E-state index in [9.17, 15) is 43.2 Å². The van der Waals surface area contributed by atoms with E-state index in [1.807, 2.05) is 0 Å². The number of alkyl halides is 6. The van der Waals surface area contributed by atoms with Gasteiger partial charge in [0, 0.05) is 23.5 Å². The number of nitrogens with one attached hydrogen (secondary N) is 1. The highest BCUT2D eigenvalue weighted by atomic mass is 32.2. The molecule has 0 saturated heterocycles. The van der Waals surface area contributed by atoms with Gasteiger partial charge >= 0.3 is 12.4 Å². The standard InChI is InChI=1S/C20H25F6N3O4S2/c1-11(19(21,22)23)10-29-12(2)17(34(27,30)31)9-15(29)13-6-7-16(14(8-13)20(24,25)26)35(32,33)28-18(3,4)5/h6-9,11,28H,10H2,1-5H3,(H2,27,30,31). The Kier molecular flexibility index (Phi) is 7.56. The molecule has 7 nitrogen and oxygen atoms in total. The van der Waals surface area contributed by atoms with Crippen molar-refractivity contribution in [2.75, 3.05) is 0 Å². The third kappa shape index (κ3) is 6.77. The second-order valence-electron chi connectivity index (χ2n) is 9.14. The van der Waals surface area contributed by atoms with E-state index in [0.29, 0.717) is 12.1 Å². The molecule has 1 aromatic carbocycles. The zero-order valence-electron chi connectivity index (χ0n) is 19.3. The molecule has 2 rings (SSSR count). The normalized spacial score (nSPS) is 14.9. The fourth-order valence-electron chi connectivity index (χ4n) is 3.36. The van der Waals surface area contributed by atoms with Gasteiger partial charge in [-0.05, 0) is 51.5 Å². The molecule has 1 aromatic heterocycles. The Morgan fingerprint density at radius 3 is 1.94 bits per heavy atom. The predicted molar refractivity (Wildman–Crippen MR) is 116 cm³/mol. The van der Waals surface area contributed by atoms with E-state index in [-0.39, 0.29) is 17.0 Å². The molecule has 0 bridgehead atoms. The molecule has 3 N–H and O–H groups in total. The third-order valence-corrected chi connectivity index (χ3v) is 7.80. The maximum Gasteiger partial charge on any atom is 0.417 e. The van der Waals surface area contributed by atoms with Gasteiger partial charge in [-0.1, -0.05) is 13.0 Å². The van der Waals surface area contributed by atoms with Gasteiger partial charge in [0.2, 0.25) is 20.0 Å². The summed E-state index contributed by atoms with van der Waals surface area (Å²) in [6.07, 6.45) is -9.84. The van der Waals surface area contributed by atoms with E-state index in [1.54, 1.807) is 0 Å². The number of hydrogen-bond donors (Lipinski definition) is 2. The van der Waals surface area contributed by atoms with Gasteiger partial charge < -0.3 is 4.57 Å². The monoisotopic (exact) mass is 549 g/mol. The summed E-state index contributed by atoms with van der Waals surface area (Å²) < 4.78 is 133. The van der Waals surface area contributed by atoms with Gasteiger partial charge in [-0.25, -0.2) is 26.7 Å². The van der Waals surface area contributed by atoms with Crippen molar-refractivity contribution in [1.29, 1.82) is 0 Å². The summed E-state index contributed by atoms with van der Waals surface area (Å²) in [5.74, 6) is -1.99. The Labute approximate surface area is 199 Å². The van der Waals surface area contributed by atoms with Crippen molar-refractivity contribution in [2.24, 2.45) is 11.1 Å². The van der Waals surface area contributed by atoms with Crippen molar-refractivity contribution >= 4 is 20.0 Å². The molecule has 0 radical (unpaired) electrons. The largest absolute Gasteiger partial charge is 0.417 e. The van der Waals surface area contributed by atoms with Crippen LogP contribution in [0.1, 0.15) is 39.0 Å². The number of nitrogens with two attached hydrogens (primary N) is 1. The van der Waals surface area contributed by atoms with Crippen LogP contribution in [0.3, 0.4) is 0 Å². The summed E-state index contributed by atoms with van der Waals surface area (Å²) in [6.45, 7) is 5.47. The molecule has 0 saturated carbocycles. The van der Waals surface area contributed by atoms with Crippen molar-refractivity contribution in [2.45, 2.75) is 68.8 Å². The van der Waals surface area contributed by atoms with Gasteiger partial charge in [-0.3, -0.25) is 0 Å². The van der Waals surface area contributed by atoms with Gasteiger partial charge in [0.15, 0.2) is 0 Å². The first kappa shape index (κ1) is 29.1. The van der Waals surface area contributed by atoms with Gasteiger partial charge in [-0.15, -0.1) is 0 Å². The minimum atomic E-state index is -5.16. The molecule has 0 amide bonds. The number of sulfonamides is 2. The number of benzene rings is 1. The smallest absolute Gasteiger partial charge is 0.343 e. The number of rotatable bonds is 6. The predicted octanol–water partition coefficient (Wildman–Crippen LogP) is 4.40. The molecule has 0 aliphatic carbocycles. The number of hydrogen-bond acceptors (Lipinski definition) is 4. The van der Waals surface area contributed by atoms with E-state index >= 15 is 0 Å². The molecule has 2 aromatic rings. The van der Waals surface area contributed by atoms with Crippen molar-refractivity contribution < 1.29 is 43.2 Å². The molecule has 0 aliphatic rings. The number of halogens is 6. The minimum absolute atomic E-state index is 0.210. The van der Waals surface area contributed by atoms with E-state index in [1.165, 1.54) is 27.7 Å². The lowest BCUT2D eigenvalue weighted by Gasteiger charge is -2.23. The zero-order valence-corrected chi connectivity index (χ0v) is 21.0. The maximum atomic E-state index is 13.9. The molecule has 0 fully saturated rings. The highest BCUT2D eigenvalue weighted by molar-refractivity contribution is 7.89. The van der Waals surface area contributed by atoms with Crippen LogP contribution >= 0.6 is 0 Å². The first-order valence-electron chi connectivity index (χ1n) is 10.0. The molecule has 1 heterocycles. The number of aromatic nitrogens is 1. The van der Waals surface area contributed by atoms with Crippen LogP contribution < -0.4 is 9.86 Å². The Hall–Kier alpha value is -2.10. The molecule has 35 heavy (non-hydrogen) atoms. The fraction of sp³-hybridized carbons (Fsp3) is 0.500. The van der Waals surface area contributed by atoms with Crippen molar-refractivity contribution in [3.8, 4) is 11.3 Å². The molecular weight excluding hydrogens is 524 g/mol. The van der Waals surface area contributed by atoms with E-state index in [2.05, 4.69) is 4.72 Å². The molecule has 198 valence electrons.